The Morgan fingerprint density at radius 1 is 1.00 bits per heavy atom. The van der Waals surface area contributed by atoms with Crippen LogP contribution < -0.4 is 6.15 Å². The molecule has 5 N–H and O–H groups in total. The summed E-state index contributed by atoms with van der Waals surface area (Å²) in [6.07, 6.45) is 0. The molecule has 0 saturated carbocycles. The van der Waals surface area contributed by atoms with Crippen LogP contribution in [0.4, 0.5) is 0 Å². The molecular formula is C2H6NNaO4. The van der Waals surface area contributed by atoms with Gasteiger partial charge in [0.05, 0.1) is 0 Å². The van der Waals surface area contributed by atoms with Gasteiger partial charge in [-0.2, -0.15) is 0 Å². The summed E-state index contributed by atoms with van der Waals surface area (Å²) in [4.78, 5) is 18.2. The second-order valence-corrected chi connectivity index (χ2v) is 0.610. The van der Waals surface area contributed by atoms with Crippen LogP contribution in [0.2, 0.25) is 0 Å². The van der Waals surface area contributed by atoms with Crippen LogP contribution in [0, 0.1) is 0 Å². The van der Waals surface area contributed by atoms with E-state index < -0.39 is 11.9 Å². The van der Waals surface area contributed by atoms with Crippen LogP contribution in [-0.4, -0.2) is 51.7 Å². The van der Waals surface area contributed by atoms with Gasteiger partial charge in [-0.1, -0.05) is 0 Å². The zero-order valence-corrected chi connectivity index (χ0v) is 3.42. The summed E-state index contributed by atoms with van der Waals surface area (Å²) >= 11 is 0. The average Bonchev–Trinajstić information content (AvgIpc) is 1.36. The molecule has 0 spiro atoms. The van der Waals surface area contributed by atoms with Crippen LogP contribution in [-0.2, 0) is 9.59 Å². The number of carboxylic acids is 2. The van der Waals surface area contributed by atoms with Gasteiger partial charge in [0, 0.05) is 0 Å². The van der Waals surface area contributed by atoms with E-state index in [0.29, 0.717) is 0 Å². The van der Waals surface area contributed by atoms with Crippen LogP contribution in [0.1, 0.15) is 0 Å². The molecule has 0 aliphatic carbocycles. The monoisotopic (exact) mass is 131 g/mol. The Morgan fingerprint density at radius 3 is 1.12 bits per heavy atom. The van der Waals surface area contributed by atoms with Gasteiger partial charge in [-0.05, 0) is 0 Å². The average molecular weight is 131 g/mol. The van der Waals surface area contributed by atoms with Gasteiger partial charge in [-0.15, -0.1) is 0 Å². The molecule has 0 aliphatic heterocycles. The normalized spacial score (nSPS) is 5.50. The maximum absolute atomic E-state index is 9.10. The zero-order chi connectivity index (χ0) is 5.15. The van der Waals surface area contributed by atoms with Crippen molar-refractivity contribution in [2.75, 3.05) is 0 Å². The van der Waals surface area contributed by atoms with E-state index >= 15 is 0 Å². The van der Waals surface area contributed by atoms with Gasteiger partial charge in [0.1, 0.15) is 0 Å². The van der Waals surface area contributed by atoms with Crippen LogP contribution in [0.5, 0.6) is 0 Å². The predicted octanol–water partition coefficient (Wildman–Crippen LogP) is -1.33. The molecule has 5 nitrogen and oxygen atoms in total. The molecule has 0 aromatic rings. The predicted molar refractivity (Wildman–Crippen MR) is 27.4 cm³/mol. The van der Waals surface area contributed by atoms with E-state index in [2.05, 4.69) is 0 Å². The molecule has 0 aromatic carbocycles. The summed E-state index contributed by atoms with van der Waals surface area (Å²) in [5, 5.41) is 14.8. The number of carbonyl (C=O) groups is 2. The SMILES string of the molecule is N.O=C(O)C(=O)O.[NaH]. The van der Waals surface area contributed by atoms with E-state index in [9.17, 15) is 0 Å². The van der Waals surface area contributed by atoms with E-state index in [0.717, 1.165) is 0 Å². The topological polar surface area (TPSA) is 110 Å². The minimum absolute atomic E-state index is 0. The Bertz CT molecular complexity index is 80.0. The molecule has 0 fully saturated rings. The fraction of sp³-hybridized carbons (Fsp3) is 0. The number of rotatable bonds is 0. The molecule has 44 valence electrons. The molecule has 0 heterocycles. The van der Waals surface area contributed by atoms with Crippen LogP contribution in [0.25, 0.3) is 0 Å². The summed E-state index contributed by atoms with van der Waals surface area (Å²) in [6.45, 7) is 0. The Labute approximate surface area is 67.6 Å². The summed E-state index contributed by atoms with van der Waals surface area (Å²) < 4.78 is 0. The van der Waals surface area contributed by atoms with Gasteiger partial charge < -0.3 is 16.4 Å². The Morgan fingerprint density at radius 2 is 1.12 bits per heavy atom. The first-order chi connectivity index (χ1) is 2.64. The summed E-state index contributed by atoms with van der Waals surface area (Å²) in [5.74, 6) is -3.65. The molecule has 6 heteroatoms. The van der Waals surface area contributed by atoms with E-state index in [1.54, 1.807) is 0 Å². The second kappa shape index (κ2) is 6.90. The summed E-state index contributed by atoms with van der Waals surface area (Å²) in [7, 11) is 0. The molecular weight excluding hydrogens is 125 g/mol. The number of hydrogen-bond acceptors (Lipinski definition) is 3. The van der Waals surface area contributed by atoms with Gasteiger partial charge in [0.25, 0.3) is 0 Å². The number of hydrogen-bond donors (Lipinski definition) is 3. The van der Waals surface area contributed by atoms with Crippen LogP contribution in [0.15, 0.2) is 0 Å². The standard InChI is InChI=1S/C2H2O4.H3N.Na.H/c3-1(4)2(5)6;;;/h(H,3,4)(H,5,6);1H3;;. The number of carboxylic acid groups (broad SMARTS) is 2. The molecule has 0 radical (unpaired) electrons. The molecule has 0 amide bonds. The fourth-order valence-corrected chi connectivity index (χ4v) is 0. The fourth-order valence-electron chi connectivity index (χ4n) is 0. The third kappa shape index (κ3) is 9.31. The van der Waals surface area contributed by atoms with E-state index in [4.69, 9.17) is 19.8 Å². The van der Waals surface area contributed by atoms with Gasteiger partial charge >= 0.3 is 41.5 Å². The van der Waals surface area contributed by atoms with Gasteiger partial charge in [0.2, 0.25) is 0 Å². The second-order valence-electron chi connectivity index (χ2n) is 0.610. The van der Waals surface area contributed by atoms with Crippen molar-refractivity contribution in [1.82, 2.24) is 6.15 Å². The third-order valence-corrected chi connectivity index (χ3v) is 0.183. The Balaban J connectivity index is -0.000000125. The van der Waals surface area contributed by atoms with E-state index in [-0.39, 0.29) is 35.7 Å². The van der Waals surface area contributed by atoms with Crippen molar-refractivity contribution in [1.29, 1.82) is 0 Å². The van der Waals surface area contributed by atoms with Crippen molar-refractivity contribution < 1.29 is 19.8 Å². The summed E-state index contributed by atoms with van der Waals surface area (Å²) in [6, 6.07) is 0. The first-order valence-electron chi connectivity index (χ1n) is 1.11. The van der Waals surface area contributed by atoms with E-state index in [1.165, 1.54) is 0 Å². The Hall–Kier alpha value is -0.100. The van der Waals surface area contributed by atoms with Crippen molar-refractivity contribution in [2.45, 2.75) is 0 Å². The van der Waals surface area contributed by atoms with Gasteiger partial charge in [-0.3, -0.25) is 0 Å². The van der Waals surface area contributed by atoms with Crippen molar-refractivity contribution in [3.63, 3.8) is 0 Å². The van der Waals surface area contributed by atoms with Gasteiger partial charge in [-0.25, -0.2) is 9.59 Å². The quantitative estimate of drug-likeness (QED) is 0.278. The first kappa shape index (κ1) is 15.7. The van der Waals surface area contributed by atoms with Gasteiger partial charge in [0.15, 0.2) is 0 Å². The molecule has 8 heavy (non-hydrogen) atoms. The zero-order valence-electron chi connectivity index (χ0n) is 3.42. The molecule has 0 bridgehead atoms. The molecule has 0 aromatic heterocycles. The van der Waals surface area contributed by atoms with Crippen molar-refractivity contribution in [3.05, 3.63) is 0 Å². The molecule has 0 aliphatic rings. The van der Waals surface area contributed by atoms with Crippen molar-refractivity contribution in [3.8, 4) is 0 Å². The first-order valence-corrected chi connectivity index (χ1v) is 1.11. The maximum atomic E-state index is 9.10. The molecule has 0 atom stereocenters. The van der Waals surface area contributed by atoms with Crippen molar-refractivity contribution >= 4 is 41.5 Å². The molecule has 0 unspecified atom stereocenters. The van der Waals surface area contributed by atoms with E-state index in [1.807, 2.05) is 0 Å². The minimum atomic E-state index is -1.82. The summed E-state index contributed by atoms with van der Waals surface area (Å²) in [5.41, 5.74) is 0. The Kier molecular flexibility index (Phi) is 13.5. The molecule has 0 rings (SSSR count). The van der Waals surface area contributed by atoms with Crippen LogP contribution >= 0.6 is 0 Å². The molecule has 0 saturated heterocycles. The third-order valence-electron chi connectivity index (χ3n) is 0.183. The van der Waals surface area contributed by atoms with Crippen molar-refractivity contribution in [2.24, 2.45) is 0 Å². The number of aliphatic carboxylic acids is 2. The van der Waals surface area contributed by atoms with Crippen LogP contribution in [0.3, 0.4) is 0 Å².